The number of thiol groups is 2. The maximum atomic E-state index is 13.4. The molecule has 2 heterocycles. The monoisotopic (exact) mass is 1120 g/mol. The molecule has 2 aromatic rings. The molecule has 0 saturated carbocycles. The topological polar surface area (TPSA) is 469 Å². The zero-order valence-corrected chi connectivity index (χ0v) is 44.1. The van der Waals surface area contributed by atoms with Crippen LogP contribution in [0.1, 0.15) is 85.2 Å². The molecule has 34 heteroatoms. The molecule has 1 aliphatic heterocycles. The molecule has 0 spiro atoms. The minimum Gasteiger partial charge on any atom is -0.480 e. The lowest BCUT2D eigenvalue weighted by molar-refractivity contribution is -0.141. The van der Waals surface area contributed by atoms with Crippen LogP contribution < -0.4 is 58.6 Å². The minimum atomic E-state index is -1.81. The number of hydrogen-bond donors (Lipinski definition) is 17. The Morgan fingerprint density at radius 1 is 0.571 bits per heavy atom. The molecule has 0 fully saturated rings. The van der Waals surface area contributed by atoms with Gasteiger partial charge in [0.15, 0.2) is 0 Å². The van der Waals surface area contributed by atoms with Gasteiger partial charge in [-0.3, -0.25) is 73.0 Å². The van der Waals surface area contributed by atoms with E-state index in [-0.39, 0.29) is 45.5 Å². The zero-order chi connectivity index (χ0) is 58.2. The van der Waals surface area contributed by atoms with Gasteiger partial charge >= 0.3 is 5.97 Å². The normalized spacial score (nSPS) is 16.1. The third-order valence-electron chi connectivity index (χ3n) is 11.0. The lowest BCUT2D eigenvalue weighted by atomic mass is 10.1. The molecule has 15 N–H and O–H groups in total. The number of aliphatic carboxylic acids is 1. The van der Waals surface area contributed by atoms with Crippen molar-refractivity contribution in [2.75, 3.05) is 23.5 Å². The molecule has 422 valence electrons. The molecule has 1 aromatic carbocycles. The molecule has 1 aliphatic rings. The van der Waals surface area contributed by atoms with E-state index in [1.165, 1.54) is 52.9 Å². The van der Waals surface area contributed by atoms with E-state index in [0.29, 0.717) is 0 Å². The molecule has 12 amide bonds. The van der Waals surface area contributed by atoms with Crippen molar-refractivity contribution >= 4 is 102 Å². The number of fused-ring (bicyclic) bond motifs is 1. The summed E-state index contributed by atoms with van der Waals surface area (Å²) < 4.78 is 0. The third-order valence-corrected chi connectivity index (χ3v) is 11.7. The Morgan fingerprint density at radius 2 is 1.04 bits per heavy atom. The predicted octanol–water partition coefficient (Wildman–Crippen LogP) is -7.09. The highest BCUT2D eigenvalue weighted by atomic mass is 32.1. The van der Waals surface area contributed by atoms with Crippen LogP contribution in [-0.2, 0) is 54.5 Å². The van der Waals surface area contributed by atoms with E-state index < -0.39 is 150 Å². The van der Waals surface area contributed by atoms with Crippen LogP contribution in [0.5, 0.6) is 0 Å². The van der Waals surface area contributed by atoms with Gasteiger partial charge in [-0.15, -0.1) is 10.2 Å². The number of hydrogen-bond acceptors (Lipinski definition) is 21. The first-order chi connectivity index (χ1) is 36.0. The fraction of sp³-hybridized carbons (Fsp3) is 0.512. The minimum absolute atomic E-state index is 0.0175. The second kappa shape index (κ2) is 28.8. The van der Waals surface area contributed by atoms with E-state index in [9.17, 15) is 77.7 Å². The van der Waals surface area contributed by atoms with Crippen molar-refractivity contribution in [1.82, 2.24) is 73.3 Å². The Balaban J connectivity index is 1.47. The molecule has 0 bridgehead atoms. The lowest BCUT2D eigenvalue weighted by Gasteiger charge is -2.28. The average Bonchev–Trinajstić information content (AvgIpc) is 3.91. The highest BCUT2D eigenvalue weighted by Crippen LogP contribution is 2.22. The number of aliphatic hydroxyl groups excluding tert-OH is 2. The summed E-state index contributed by atoms with van der Waals surface area (Å²) in [5, 5.41) is 70.1. The van der Waals surface area contributed by atoms with E-state index in [2.05, 4.69) is 94.2 Å². The first kappa shape index (κ1) is 63.3. The summed E-state index contributed by atoms with van der Waals surface area (Å²) in [5.74, 6) is -13.0. The molecule has 0 saturated heterocycles. The van der Waals surface area contributed by atoms with Crippen LogP contribution in [0, 0.1) is 0 Å². The third kappa shape index (κ3) is 18.1. The Hall–Kier alpha value is -7.95. The Labute approximate surface area is 448 Å². The van der Waals surface area contributed by atoms with Gasteiger partial charge in [-0.05, 0) is 71.9 Å². The van der Waals surface area contributed by atoms with E-state index in [4.69, 9.17) is 5.11 Å². The Morgan fingerprint density at radius 3 is 1.58 bits per heavy atom. The number of imide groups is 1. The van der Waals surface area contributed by atoms with Crippen LogP contribution in [-0.4, -0.2) is 202 Å². The van der Waals surface area contributed by atoms with Crippen LogP contribution in [0.2, 0.25) is 0 Å². The highest BCUT2D eigenvalue weighted by Gasteiger charge is 2.37. The van der Waals surface area contributed by atoms with Crippen molar-refractivity contribution in [2.45, 2.75) is 122 Å². The molecule has 11 atom stereocenters. The van der Waals surface area contributed by atoms with E-state index in [0.717, 1.165) is 24.7 Å². The number of aromatic nitrogens is 3. The lowest BCUT2D eigenvalue weighted by Crippen LogP contribution is -2.63. The van der Waals surface area contributed by atoms with Crippen LogP contribution in [0.4, 0.5) is 0 Å². The van der Waals surface area contributed by atoms with Crippen LogP contribution in [0.15, 0.2) is 24.4 Å². The maximum absolute atomic E-state index is 13.4. The fourth-order valence-electron chi connectivity index (χ4n) is 6.46. The van der Waals surface area contributed by atoms with Gasteiger partial charge in [-0.2, -0.15) is 30.0 Å². The molecular formula is C43H61N15O17S2. The van der Waals surface area contributed by atoms with Crippen molar-refractivity contribution in [3.8, 4) is 0 Å². The summed E-state index contributed by atoms with van der Waals surface area (Å²) in [4.78, 5) is 165. The summed E-state index contributed by atoms with van der Waals surface area (Å²) in [7, 11) is 0. The maximum Gasteiger partial charge on any atom is 0.325 e. The smallest absolute Gasteiger partial charge is 0.325 e. The fourth-order valence-corrected chi connectivity index (χ4v) is 6.97. The van der Waals surface area contributed by atoms with Crippen molar-refractivity contribution in [2.24, 2.45) is 0 Å². The first-order valence-electron chi connectivity index (χ1n) is 23.2. The van der Waals surface area contributed by atoms with Gasteiger partial charge in [0.2, 0.25) is 53.2 Å². The largest absolute Gasteiger partial charge is 0.480 e. The van der Waals surface area contributed by atoms with Gasteiger partial charge in [-0.25, -0.2) is 0 Å². The molecule has 77 heavy (non-hydrogen) atoms. The van der Waals surface area contributed by atoms with Gasteiger partial charge in [0, 0.05) is 17.1 Å². The molecule has 0 unspecified atom stereocenters. The van der Waals surface area contributed by atoms with E-state index >= 15 is 0 Å². The quantitative estimate of drug-likeness (QED) is 0.0214. The summed E-state index contributed by atoms with van der Waals surface area (Å²) >= 11 is 8.07. The molecular weight excluding hydrogens is 1060 g/mol. The number of amides is 12. The van der Waals surface area contributed by atoms with Crippen LogP contribution in [0.3, 0.4) is 0 Å². The van der Waals surface area contributed by atoms with Crippen molar-refractivity contribution in [3.63, 3.8) is 0 Å². The second-order valence-corrected chi connectivity index (χ2v) is 18.1. The molecule has 0 radical (unpaired) electrons. The van der Waals surface area contributed by atoms with Crippen LogP contribution >= 0.6 is 25.3 Å². The predicted molar refractivity (Wildman–Crippen MR) is 269 cm³/mol. The van der Waals surface area contributed by atoms with E-state index in [1.54, 1.807) is 0 Å². The number of aliphatic hydroxyl groups is 2. The molecule has 1 aromatic heterocycles. The van der Waals surface area contributed by atoms with Crippen molar-refractivity contribution in [1.29, 1.82) is 0 Å². The molecule has 0 aliphatic carbocycles. The summed E-state index contributed by atoms with van der Waals surface area (Å²) in [6.45, 7) is 7.74. The van der Waals surface area contributed by atoms with Gasteiger partial charge in [0.05, 0.1) is 42.6 Å². The average molecular weight is 1120 g/mol. The summed E-state index contributed by atoms with van der Waals surface area (Å²) in [6, 6.07) is -9.01. The van der Waals surface area contributed by atoms with Gasteiger partial charge < -0.3 is 68.5 Å². The molecule has 32 nitrogen and oxygen atoms in total. The Kier molecular flexibility index (Phi) is 23.7. The SMILES string of the molecule is C[C@H](NC(=O)[C@H](CS)NC(=O)[C@H](C)NC(=O)[C@H](C)NC(=O)[C@H](CS)NC(=O)[C@@H](NC(=O)[C@@H](NC(=O)[C@H](C)NC(=O)CNC(=O)[C@H](C)Nn1cc(CNC(=O)c2ccc3c(c2)C(=O)N(O)C3=O)nn1)[C@@H](C)O)[C@@H](C)O)C(=O)O. The Bertz CT molecular complexity index is 2600. The zero-order valence-electron chi connectivity index (χ0n) is 42.3. The number of rotatable bonds is 28. The number of carboxylic acids is 1. The number of carbonyl (C=O) groups excluding carboxylic acids is 12. The summed E-state index contributed by atoms with van der Waals surface area (Å²) in [6.07, 6.45) is -1.95. The van der Waals surface area contributed by atoms with Gasteiger partial charge in [-0.1, -0.05) is 0 Å². The number of carboxylic acid groups (broad SMARTS) is 1. The number of nitrogens with one attached hydrogen (secondary N) is 11. The highest BCUT2D eigenvalue weighted by molar-refractivity contribution is 7.80. The number of nitrogens with zero attached hydrogens (tertiary/aromatic N) is 4. The number of hydroxylamine groups is 2. The summed E-state index contributed by atoms with van der Waals surface area (Å²) in [5.41, 5.74) is 2.70. The van der Waals surface area contributed by atoms with Gasteiger partial charge in [0.25, 0.3) is 17.7 Å². The second-order valence-electron chi connectivity index (χ2n) is 17.3. The molecule has 3 rings (SSSR count). The standard InChI is InChI=1S/C43H61N15O17S2/c1-16(46-29(61)12-45-32(62)19(4)55-57-13-24(54-56-57)11-44-36(66)23-8-9-25-26(10-23)42(72)58(75)41(25)71)35(65)52-31(22(7)60)40(70)53-30(21(6)59)39(69)51-28(15-77)37(67)48-17(2)33(63)47-18(3)34(64)50-27(14-76)38(68)49-20(5)43(73)74/h8-10,13,16-22,27-28,30-31,55,59-60,75-77H,11-12,14-15H2,1-7H3,(H,44,66)(H,45,62)(H,46,61)(H,47,63)(H,48,67)(H,49,68)(H,50,64)(H,51,69)(H,52,65)(H,53,70)(H,73,74)/t16-,17-,18-,19-,20-,21+,22+,27-,28-,30-,31-/m0/s1. The van der Waals surface area contributed by atoms with Crippen molar-refractivity contribution < 1.29 is 82.9 Å². The van der Waals surface area contributed by atoms with E-state index in [1.807, 2.05) is 0 Å². The van der Waals surface area contributed by atoms with Crippen LogP contribution in [0.25, 0.3) is 0 Å². The number of carbonyl (C=O) groups is 13. The number of benzene rings is 1. The van der Waals surface area contributed by atoms with Crippen molar-refractivity contribution in [3.05, 3.63) is 46.8 Å². The first-order valence-corrected chi connectivity index (χ1v) is 24.5. The van der Waals surface area contributed by atoms with Gasteiger partial charge in [0.1, 0.15) is 60.1 Å².